The number of aromatic hydroxyl groups is 1. The number of benzene rings is 3. The van der Waals surface area contributed by atoms with E-state index in [1.165, 1.54) is 24.1 Å². The molecule has 6 nitrogen and oxygen atoms in total. The molecule has 0 spiro atoms. The number of phenolic OH excluding ortho intramolecular Hbond substituents is 1. The molecule has 3 aromatic rings. The summed E-state index contributed by atoms with van der Waals surface area (Å²) in [5.74, 6) is -1.89. The fourth-order valence-corrected chi connectivity index (χ4v) is 4.30. The summed E-state index contributed by atoms with van der Waals surface area (Å²) in [6, 6.07) is 15.2. The van der Waals surface area contributed by atoms with Crippen LogP contribution in [0.15, 0.2) is 70.7 Å². The molecule has 1 saturated heterocycles. The summed E-state index contributed by atoms with van der Waals surface area (Å²) in [5.41, 5.74) is 1.95. The summed E-state index contributed by atoms with van der Waals surface area (Å²) < 4.78 is 5.96. The average molecular weight is 529 g/mol. The third-order valence-corrected chi connectivity index (χ3v) is 6.61. The number of phenols is 1. The van der Waals surface area contributed by atoms with Gasteiger partial charge in [0.25, 0.3) is 11.7 Å². The molecule has 0 radical (unpaired) electrons. The second-order valence-electron chi connectivity index (χ2n) is 7.54. The lowest BCUT2D eigenvalue weighted by molar-refractivity contribution is -0.132. The standard InChI is InChI=1S/C25H19BrClNO5/c1-13-10-15(6-8-18(13)26)23(30)21-22(14-7-9-20(33-2)19(29)11-14)28(25(32)24(21)31)17-5-3-4-16(27)12-17/h3-12,22,29-30H,1-2H3/b23-21-. The minimum Gasteiger partial charge on any atom is -0.507 e. The first-order chi connectivity index (χ1) is 15.7. The Balaban J connectivity index is 1.97. The number of aryl methyl sites for hydroxylation is 1. The van der Waals surface area contributed by atoms with Crippen LogP contribution in [0, 0.1) is 6.92 Å². The zero-order chi connectivity index (χ0) is 23.9. The Morgan fingerprint density at radius 3 is 2.48 bits per heavy atom. The molecule has 0 bridgehead atoms. The molecule has 3 aromatic carbocycles. The topological polar surface area (TPSA) is 87.1 Å². The molecule has 0 saturated carbocycles. The maximum absolute atomic E-state index is 13.2. The highest BCUT2D eigenvalue weighted by molar-refractivity contribution is 9.10. The summed E-state index contributed by atoms with van der Waals surface area (Å²) in [7, 11) is 1.42. The molecule has 1 aliphatic heterocycles. The van der Waals surface area contributed by atoms with Crippen molar-refractivity contribution in [2.75, 3.05) is 12.0 Å². The summed E-state index contributed by atoms with van der Waals surface area (Å²) in [5, 5.41) is 22.0. The van der Waals surface area contributed by atoms with Crippen molar-refractivity contribution < 1.29 is 24.5 Å². The van der Waals surface area contributed by atoms with Gasteiger partial charge in [0.2, 0.25) is 0 Å². The lowest BCUT2D eigenvalue weighted by atomic mass is 9.94. The minimum absolute atomic E-state index is 0.0914. The van der Waals surface area contributed by atoms with Crippen LogP contribution in [0.5, 0.6) is 11.5 Å². The third-order valence-electron chi connectivity index (χ3n) is 5.48. The van der Waals surface area contributed by atoms with Crippen LogP contribution in [-0.2, 0) is 9.59 Å². The van der Waals surface area contributed by atoms with Crippen LogP contribution in [-0.4, -0.2) is 29.0 Å². The molecule has 8 heteroatoms. The van der Waals surface area contributed by atoms with Crippen LogP contribution in [0.3, 0.4) is 0 Å². The molecular formula is C25H19BrClNO5. The zero-order valence-corrected chi connectivity index (χ0v) is 20.0. The summed E-state index contributed by atoms with van der Waals surface area (Å²) in [6.45, 7) is 1.85. The molecule has 1 atom stereocenters. The normalized spacial score (nSPS) is 17.5. The number of halogens is 2. The van der Waals surface area contributed by atoms with Crippen molar-refractivity contribution in [2.24, 2.45) is 0 Å². The number of ketones is 1. The van der Waals surface area contributed by atoms with E-state index >= 15 is 0 Å². The van der Waals surface area contributed by atoms with Crippen molar-refractivity contribution in [1.82, 2.24) is 0 Å². The van der Waals surface area contributed by atoms with Gasteiger partial charge in [-0.3, -0.25) is 14.5 Å². The van der Waals surface area contributed by atoms with Gasteiger partial charge in [0, 0.05) is 20.7 Å². The van der Waals surface area contributed by atoms with Crippen molar-refractivity contribution in [2.45, 2.75) is 13.0 Å². The van der Waals surface area contributed by atoms with Gasteiger partial charge in [-0.25, -0.2) is 0 Å². The Kier molecular flexibility index (Phi) is 6.19. The maximum Gasteiger partial charge on any atom is 0.300 e. The number of anilines is 1. The highest BCUT2D eigenvalue weighted by Gasteiger charge is 2.47. The van der Waals surface area contributed by atoms with E-state index in [1.54, 1.807) is 48.5 Å². The van der Waals surface area contributed by atoms with Crippen molar-refractivity contribution in [3.05, 3.63) is 92.4 Å². The first-order valence-corrected chi connectivity index (χ1v) is 11.1. The zero-order valence-electron chi connectivity index (χ0n) is 17.7. The van der Waals surface area contributed by atoms with Crippen molar-refractivity contribution in [3.8, 4) is 11.5 Å². The van der Waals surface area contributed by atoms with Crippen molar-refractivity contribution >= 4 is 50.7 Å². The van der Waals surface area contributed by atoms with Gasteiger partial charge in [0.15, 0.2) is 11.5 Å². The SMILES string of the molecule is COc1ccc(C2/C(=C(/O)c3ccc(Br)c(C)c3)C(=O)C(=O)N2c2cccc(Cl)c2)cc1O. The molecule has 0 aliphatic carbocycles. The van der Waals surface area contributed by atoms with Crippen LogP contribution in [0.2, 0.25) is 5.02 Å². The van der Waals surface area contributed by atoms with Crippen LogP contribution in [0.1, 0.15) is 22.7 Å². The van der Waals surface area contributed by atoms with E-state index in [2.05, 4.69) is 15.9 Å². The van der Waals surface area contributed by atoms with Crippen LogP contribution in [0.4, 0.5) is 5.69 Å². The van der Waals surface area contributed by atoms with E-state index in [0.717, 1.165) is 10.0 Å². The van der Waals surface area contributed by atoms with E-state index in [4.69, 9.17) is 16.3 Å². The fourth-order valence-electron chi connectivity index (χ4n) is 3.86. The minimum atomic E-state index is -0.996. The number of carbonyl (C=O) groups is 2. The van der Waals surface area contributed by atoms with Crippen molar-refractivity contribution in [1.29, 1.82) is 0 Å². The van der Waals surface area contributed by atoms with E-state index in [0.29, 0.717) is 21.8 Å². The number of aliphatic hydroxyl groups excluding tert-OH is 1. The number of hydrogen-bond acceptors (Lipinski definition) is 5. The number of nitrogens with zero attached hydrogens (tertiary/aromatic N) is 1. The molecule has 33 heavy (non-hydrogen) atoms. The number of methoxy groups -OCH3 is 1. The quantitative estimate of drug-likeness (QED) is 0.256. The van der Waals surface area contributed by atoms with Gasteiger partial charge < -0.3 is 14.9 Å². The lowest BCUT2D eigenvalue weighted by Gasteiger charge is -2.26. The Morgan fingerprint density at radius 2 is 1.85 bits per heavy atom. The van der Waals surface area contributed by atoms with Gasteiger partial charge >= 0.3 is 0 Å². The number of ether oxygens (including phenoxy) is 1. The van der Waals surface area contributed by atoms with Gasteiger partial charge in [-0.05, 0) is 60.5 Å². The Bertz CT molecular complexity index is 1320. The first-order valence-electron chi connectivity index (χ1n) is 9.93. The molecule has 2 N–H and O–H groups in total. The molecule has 1 amide bonds. The predicted octanol–water partition coefficient (Wildman–Crippen LogP) is 5.75. The van der Waals surface area contributed by atoms with Crippen molar-refractivity contribution in [3.63, 3.8) is 0 Å². The summed E-state index contributed by atoms with van der Waals surface area (Å²) in [4.78, 5) is 27.6. The van der Waals surface area contributed by atoms with Crippen LogP contribution >= 0.6 is 27.5 Å². The number of carbonyl (C=O) groups excluding carboxylic acids is 2. The third kappa shape index (κ3) is 4.10. The molecule has 0 aromatic heterocycles. The number of rotatable bonds is 4. The molecule has 1 fully saturated rings. The predicted molar refractivity (Wildman–Crippen MR) is 130 cm³/mol. The Morgan fingerprint density at radius 1 is 1.09 bits per heavy atom. The highest BCUT2D eigenvalue weighted by atomic mass is 79.9. The van der Waals surface area contributed by atoms with Gasteiger partial charge in [-0.15, -0.1) is 0 Å². The number of amides is 1. The number of Topliss-reactive ketones (excluding diaryl/α,β-unsaturated/α-hetero) is 1. The molecule has 1 aliphatic rings. The van der Waals surface area contributed by atoms with Gasteiger partial charge in [-0.2, -0.15) is 0 Å². The largest absolute Gasteiger partial charge is 0.507 e. The number of hydrogen-bond donors (Lipinski definition) is 2. The second kappa shape index (κ2) is 8.92. The van der Waals surface area contributed by atoms with E-state index in [-0.39, 0.29) is 22.8 Å². The smallest absolute Gasteiger partial charge is 0.300 e. The first kappa shape index (κ1) is 22.9. The lowest BCUT2D eigenvalue weighted by Crippen LogP contribution is -2.29. The Labute approximate surface area is 203 Å². The molecule has 4 rings (SSSR count). The fraction of sp³-hybridized carbons (Fsp3) is 0.120. The van der Waals surface area contributed by atoms with Gasteiger partial charge in [-0.1, -0.05) is 45.7 Å². The molecule has 168 valence electrons. The summed E-state index contributed by atoms with van der Waals surface area (Å²) in [6.07, 6.45) is 0. The van der Waals surface area contributed by atoms with E-state index < -0.39 is 17.7 Å². The van der Waals surface area contributed by atoms with Gasteiger partial charge in [0.05, 0.1) is 18.7 Å². The average Bonchev–Trinajstić information content (AvgIpc) is 3.05. The second-order valence-corrected chi connectivity index (χ2v) is 8.83. The summed E-state index contributed by atoms with van der Waals surface area (Å²) >= 11 is 9.57. The molecule has 1 unspecified atom stereocenters. The monoisotopic (exact) mass is 527 g/mol. The maximum atomic E-state index is 13.2. The number of aliphatic hydroxyl groups is 1. The molecule has 1 heterocycles. The van der Waals surface area contributed by atoms with Crippen LogP contribution in [0.25, 0.3) is 5.76 Å². The Hall–Kier alpha value is -3.29. The van der Waals surface area contributed by atoms with Crippen LogP contribution < -0.4 is 9.64 Å². The molecular weight excluding hydrogens is 510 g/mol. The van der Waals surface area contributed by atoms with E-state index in [1.807, 2.05) is 6.92 Å². The van der Waals surface area contributed by atoms with E-state index in [9.17, 15) is 19.8 Å². The highest BCUT2D eigenvalue weighted by Crippen LogP contribution is 2.44. The van der Waals surface area contributed by atoms with Gasteiger partial charge in [0.1, 0.15) is 5.76 Å².